The van der Waals surface area contributed by atoms with Gasteiger partial charge in [-0.15, -0.1) is 0 Å². The molecule has 22 heavy (non-hydrogen) atoms. The Kier molecular flexibility index (Phi) is 7.08. The third kappa shape index (κ3) is 5.55. The van der Waals surface area contributed by atoms with E-state index < -0.39 is 17.9 Å². The summed E-state index contributed by atoms with van der Waals surface area (Å²) in [5, 5.41) is 17.7. The first kappa shape index (κ1) is 17.7. The quantitative estimate of drug-likeness (QED) is 0.537. The van der Waals surface area contributed by atoms with Gasteiger partial charge < -0.3 is 14.9 Å². The number of carbonyl (C=O) groups is 3. The highest BCUT2D eigenvalue weighted by Crippen LogP contribution is 2.16. The third-order valence-corrected chi connectivity index (χ3v) is 3.41. The van der Waals surface area contributed by atoms with Crippen molar-refractivity contribution in [3.8, 4) is 0 Å². The summed E-state index contributed by atoms with van der Waals surface area (Å²) in [6, 6.07) is 5.88. The van der Waals surface area contributed by atoms with E-state index in [1.807, 2.05) is 6.92 Å². The molecule has 0 aliphatic heterocycles. The number of carbonyl (C=O) groups excluding carboxylic acids is 1. The number of ether oxygens (including phenoxy) is 1. The molecule has 1 unspecified atom stereocenters. The Hall–Kier alpha value is -2.37. The molecular formula is C16H20O6. The van der Waals surface area contributed by atoms with Crippen LogP contribution in [0, 0.1) is 5.92 Å². The maximum Gasteiger partial charge on any atom is 0.339 e. The standard InChI is InChI=1S/C16H20O6/c1-2-11(6-5-9-14(17)18)10-22-16(21)13-8-4-3-7-12(13)15(19)20/h3-4,7-8,11H,2,5-6,9-10H2,1H3,(H,17,18)(H,19,20)/i12+1,13+1,15+1,16+1. The Balaban J connectivity index is 2.57. The van der Waals surface area contributed by atoms with Crippen molar-refractivity contribution in [1.82, 2.24) is 0 Å². The first-order valence-electron chi connectivity index (χ1n) is 7.17. The molecule has 1 atom stereocenters. The van der Waals surface area contributed by atoms with Crippen LogP contribution >= 0.6 is 0 Å². The van der Waals surface area contributed by atoms with Gasteiger partial charge in [0, 0.05) is 6.42 Å². The van der Waals surface area contributed by atoms with Crippen molar-refractivity contribution < 1.29 is 29.3 Å². The minimum atomic E-state index is -1.18. The van der Waals surface area contributed by atoms with Crippen LogP contribution in [0.2, 0.25) is 0 Å². The normalized spacial score (nSPS) is 11.7. The zero-order valence-corrected chi connectivity index (χ0v) is 12.4. The summed E-state index contributed by atoms with van der Waals surface area (Å²) in [7, 11) is 0. The topological polar surface area (TPSA) is 101 Å². The second kappa shape index (κ2) is 8.81. The van der Waals surface area contributed by atoms with Crippen molar-refractivity contribution >= 4 is 17.9 Å². The van der Waals surface area contributed by atoms with Gasteiger partial charge in [-0.1, -0.05) is 25.5 Å². The molecule has 0 bridgehead atoms. The first-order chi connectivity index (χ1) is 10.5. The van der Waals surface area contributed by atoms with Crippen LogP contribution in [0.3, 0.4) is 0 Å². The van der Waals surface area contributed by atoms with Gasteiger partial charge >= 0.3 is 17.9 Å². The molecule has 0 radical (unpaired) electrons. The van der Waals surface area contributed by atoms with E-state index in [2.05, 4.69) is 0 Å². The highest BCUT2D eigenvalue weighted by atomic mass is 16.6. The van der Waals surface area contributed by atoms with Crippen molar-refractivity contribution in [2.24, 2.45) is 5.92 Å². The van der Waals surface area contributed by atoms with Crippen molar-refractivity contribution in [2.45, 2.75) is 32.6 Å². The van der Waals surface area contributed by atoms with Crippen molar-refractivity contribution in [2.75, 3.05) is 6.61 Å². The van der Waals surface area contributed by atoms with Crippen LogP contribution in [0.15, 0.2) is 24.3 Å². The van der Waals surface area contributed by atoms with E-state index >= 15 is 0 Å². The molecule has 0 aliphatic carbocycles. The number of rotatable bonds is 9. The monoisotopic (exact) mass is 312 g/mol. The van der Waals surface area contributed by atoms with Crippen LogP contribution in [0.25, 0.3) is 0 Å². The summed E-state index contributed by atoms with van der Waals surface area (Å²) in [5.74, 6) is -2.63. The van der Waals surface area contributed by atoms with Gasteiger partial charge in [0.2, 0.25) is 0 Å². The van der Waals surface area contributed by atoms with Crippen LogP contribution < -0.4 is 0 Å². The molecule has 6 nitrogen and oxygen atoms in total. The van der Waals surface area contributed by atoms with E-state index in [9.17, 15) is 14.4 Å². The van der Waals surface area contributed by atoms with Gasteiger partial charge in [0.25, 0.3) is 0 Å². The fraction of sp³-hybridized carbons (Fsp3) is 0.438. The summed E-state index contributed by atoms with van der Waals surface area (Å²) < 4.78 is 5.18. The first-order valence-corrected chi connectivity index (χ1v) is 7.17. The fourth-order valence-electron chi connectivity index (χ4n) is 2.07. The van der Waals surface area contributed by atoms with E-state index in [0.29, 0.717) is 12.8 Å². The molecule has 1 aromatic carbocycles. The summed E-state index contributed by atoms with van der Waals surface area (Å²) in [6.07, 6.45) is 2.02. The van der Waals surface area contributed by atoms with Gasteiger partial charge in [0.1, 0.15) is 0 Å². The van der Waals surface area contributed by atoms with Gasteiger partial charge in [0.05, 0.1) is 17.7 Å². The van der Waals surface area contributed by atoms with Crippen molar-refractivity contribution in [3.63, 3.8) is 0 Å². The fourth-order valence-corrected chi connectivity index (χ4v) is 2.07. The summed E-state index contributed by atoms with van der Waals surface area (Å²) in [4.78, 5) is 33.5. The molecule has 0 amide bonds. The maximum absolute atomic E-state index is 12.0. The number of hydrogen-bond acceptors (Lipinski definition) is 4. The van der Waals surface area contributed by atoms with Crippen molar-refractivity contribution in [3.05, 3.63) is 35.4 Å². The SMILES string of the molecule is CCC(CCCC(=O)O)CO[13C](=O)[13c]1cccc[13c]1[13C](=O)O. The van der Waals surface area contributed by atoms with Crippen LogP contribution in [-0.4, -0.2) is 34.7 Å². The lowest BCUT2D eigenvalue weighted by Crippen LogP contribution is -2.16. The highest BCUT2D eigenvalue weighted by Gasteiger charge is 2.18. The summed E-state index contributed by atoms with van der Waals surface area (Å²) in [5.41, 5.74) is -0.0678. The maximum atomic E-state index is 12.0. The molecule has 0 saturated carbocycles. The molecule has 2 N–H and O–H groups in total. The minimum Gasteiger partial charge on any atom is -0.481 e. The van der Waals surface area contributed by atoms with E-state index in [1.165, 1.54) is 12.1 Å². The van der Waals surface area contributed by atoms with E-state index in [1.54, 1.807) is 12.1 Å². The molecule has 0 fully saturated rings. The molecule has 0 aliphatic rings. The summed E-state index contributed by atoms with van der Waals surface area (Å²) in [6.45, 7) is 2.09. The summed E-state index contributed by atoms with van der Waals surface area (Å²) >= 11 is 0. The van der Waals surface area contributed by atoms with Crippen LogP contribution in [0.1, 0.15) is 53.3 Å². The molecule has 0 aromatic heterocycles. The largest absolute Gasteiger partial charge is 0.481 e. The lowest BCUT2D eigenvalue weighted by molar-refractivity contribution is -0.137. The molecule has 0 spiro atoms. The highest BCUT2D eigenvalue weighted by molar-refractivity contribution is 6.02. The minimum absolute atomic E-state index is 0.0235. The number of aromatic carboxylic acids is 1. The zero-order chi connectivity index (χ0) is 16.5. The molecule has 120 valence electrons. The van der Waals surface area contributed by atoms with E-state index in [4.69, 9.17) is 14.9 Å². The molecule has 0 saturated heterocycles. The number of hydrogen-bond donors (Lipinski definition) is 2. The van der Waals surface area contributed by atoms with Crippen LogP contribution in [0.4, 0.5) is 0 Å². The number of esters is 1. The predicted molar refractivity (Wildman–Crippen MR) is 79.0 cm³/mol. The van der Waals surface area contributed by atoms with Gasteiger partial charge in [0.15, 0.2) is 0 Å². The number of carboxylic acid groups (broad SMARTS) is 2. The number of carboxylic acids is 2. The van der Waals surface area contributed by atoms with Gasteiger partial charge in [-0.2, -0.15) is 0 Å². The van der Waals surface area contributed by atoms with E-state index in [-0.39, 0.29) is 30.1 Å². The molecule has 1 aromatic rings. The van der Waals surface area contributed by atoms with E-state index in [0.717, 1.165) is 6.42 Å². The number of aliphatic carboxylic acids is 1. The molecular weight excluding hydrogens is 292 g/mol. The molecule has 6 heteroatoms. The van der Waals surface area contributed by atoms with Crippen LogP contribution in [-0.2, 0) is 9.53 Å². The predicted octanol–water partition coefficient (Wildman–Crippen LogP) is 2.82. The van der Waals surface area contributed by atoms with Gasteiger partial charge in [-0.05, 0) is 30.9 Å². The number of benzene rings is 1. The van der Waals surface area contributed by atoms with Gasteiger partial charge in [-0.25, -0.2) is 9.59 Å². The average Bonchev–Trinajstić information content (AvgIpc) is 2.49. The molecule has 1 rings (SSSR count). The van der Waals surface area contributed by atoms with Crippen molar-refractivity contribution in [1.29, 1.82) is 0 Å². The second-order valence-corrected chi connectivity index (χ2v) is 5.01. The second-order valence-electron chi connectivity index (χ2n) is 5.01. The Labute approximate surface area is 128 Å². The Morgan fingerprint density at radius 2 is 1.77 bits per heavy atom. The lowest BCUT2D eigenvalue weighted by Gasteiger charge is -2.15. The van der Waals surface area contributed by atoms with Gasteiger partial charge in [-0.3, -0.25) is 4.79 Å². The zero-order valence-electron chi connectivity index (χ0n) is 12.4. The Morgan fingerprint density at radius 3 is 2.32 bits per heavy atom. The van der Waals surface area contributed by atoms with Crippen LogP contribution in [0.5, 0.6) is 0 Å². The Morgan fingerprint density at radius 1 is 1.14 bits per heavy atom. The lowest BCUT2D eigenvalue weighted by atomic mass is 10.0. The Bertz CT molecular complexity index is 537. The molecule has 0 heterocycles. The smallest absolute Gasteiger partial charge is 0.339 e. The average molecular weight is 312 g/mol. The third-order valence-electron chi connectivity index (χ3n) is 3.41.